The zero-order valence-corrected chi connectivity index (χ0v) is 69.2. The lowest BCUT2D eigenvalue weighted by Crippen LogP contribution is -2.53. The number of ether oxygens (including phenoxy) is 8. The van der Waals surface area contributed by atoms with Crippen molar-refractivity contribution in [3.05, 3.63) is 139 Å². The number of aliphatic hydroxyl groups excluding tert-OH is 1. The predicted molar refractivity (Wildman–Crippen MR) is 428 cm³/mol. The molecule has 4 fully saturated rings. The van der Waals surface area contributed by atoms with E-state index < -0.39 is 170 Å². The van der Waals surface area contributed by atoms with Gasteiger partial charge in [0, 0.05) is 157 Å². The van der Waals surface area contributed by atoms with Crippen LogP contribution in [0.15, 0.2) is 92.8 Å². The van der Waals surface area contributed by atoms with Crippen LogP contribution in [0, 0.1) is 67.2 Å². The lowest BCUT2D eigenvalue weighted by atomic mass is 9.72. The maximum Gasteiger partial charge on any atom is 0.413 e. The van der Waals surface area contributed by atoms with Gasteiger partial charge in [-0.1, -0.05) is 47.0 Å². The Morgan fingerprint density at radius 1 is 0.440 bits per heavy atom. The highest BCUT2D eigenvalue weighted by molar-refractivity contribution is 8.14. The minimum Gasteiger partial charge on any atom is -0.444 e. The van der Waals surface area contributed by atoms with E-state index in [0.717, 1.165) is 30.3 Å². The molecule has 636 valence electrons. The number of benzene rings is 4. The molecule has 12 rings (SSSR count). The molecule has 0 bridgehead atoms. The van der Waals surface area contributed by atoms with Crippen molar-refractivity contribution >= 4 is 115 Å². The lowest BCUT2D eigenvalue weighted by Gasteiger charge is -2.47. The number of anilines is 2. The van der Waals surface area contributed by atoms with Crippen LogP contribution in [-0.4, -0.2) is 183 Å². The number of nitrogens with one attached hydrogen (secondary N) is 4. The molecule has 116 heavy (non-hydrogen) atoms. The number of alkyl halides is 3. The van der Waals surface area contributed by atoms with Crippen molar-refractivity contribution in [2.45, 2.75) is 178 Å². The first-order valence-electron chi connectivity index (χ1n) is 37.1. The van der Waals surface area contributed by atoms with Crippen molar-refractivity contribution < 1.29 is 103 Å². The number of aliphatic imine (C=N–C) groups is 4. The Morgan fingerprint density at radius 3 is 0.905 bits per heavy atom. The molecular weight excluding hydrogens is 1610 g/mol. The normalized spacial score (nSPS) is 26.9. The van der Waals surface area contributed by atoms with Gasteiger partial charge in [-0.05, 0) is 132 Å². The van der Waals surface area contributed by atoms with Crippen LogP contribution < -0.4 is 32.7 Å². The zero-order chi connectivity index (χ0) is 85.3. The van der Waals surface area contributed by atoms with Gasteiger partial charge in [0.1, 0.15) is 65.7 Å². The van der Waals surface area contributed by atoms with Crippen LogP contribution in [-0.2, 0) is 60.1 Å². The van der Waals surface area contributed by atoms with Gasteiger partial charge in [-0.15, -0.1) is 0 Å². The van der Waals surface area contributed by atoms with E-state index in [1.54, 1.807) is 83.1 Å². The van der Waals surface area contributed by atoms with E-state index in [1.807, 2.05) is 0 Å². The van der Waals surface area contributed by atoms with E-state index >= 15 is 0 Å². The van der Waals surface area contributed by atoms with Crippen LogP contribution in [0.1, 0.15) is 131 Å². The molecule has 8 aliphatic rings. The molecule has 9 N–H and O–H groups in total. The minimum absolute atomic E-state index is 0.00719. The minimum atomic E-state index is -1.30. The third-order valence-corrected chi connectivity index (χ3v) is 23.5. The van der Waals surface area contributed by atoms with Crippen molar-refractivity contribution in [1.29, 1.82) is 0 Å². The summed E-state index contributed by atoms with van der Waals surface area (Å²) in [7, 11) is 0. The third kappa shape index (κ3) is 22.4. The average Bonchev–Trinajstić information content (AvgIpc) is 0.732. The number of nitrogens with two attached hydrogens (primary N) is 2. The number of hydrogen-bond acceptors (Lipinski definition) is 27. The van der Waals surface area contributed by atoms with E-state index in [2.05, 4.69) is 31.3 Å². The Labute approximate surface area is 682 Å². The van der Waals surface area contributed by atoms with Gasteiger partial charge in [0.05, 0.1) is 63.0 Å². The fourth-order valence-corrected chi connectivity index (χ4v) is 19.5. The SMILES string of the molecule is CC(C)(C)OC(=O)NC1=N[C@@]2(c3cc(N)ccc3F)CCO[C@H](CF)[C@H]2CS1.CC(C)(C)OC(=O)NC1=N[C@@]2(c3cc(N)ccc3F)CCO[C@H](CF)[C@H]2CS1.CC(C)(C)OC(=O)NC1=N[C@@]2(c3cc([N+](=O)[O-])ccc3F)CCO[C@H](CF)[C@H]2CS1.CC(C)(C)OC(=O)NC1=N[C@@]2(c3cc([N+](=O)[O-])ccc3F)CCO[C@H](CO)[C@H]2CS1. The number of aliphatic hydroxyl groups is 1. The molecule has 0 aromatic heterocycles. The number of hydrogen-bond donors (Lipinski definition) is 7. The number of amidine groups is 4. The molecule has 12 atom stereocenters. The van der Waals surface area contributed by atoms with Crippen molar-refractivity contribution in [2.24, 2.45) is 43.6 Å². The molecule has 0 radical (unpaired) electrons. The molecule has 0 aliphatic carbocycles. The summed E-state index contributed by atoms with van der Waals surface area (Å²) in [5.41, 5.74) is 5.21. The highest BCUT2D eigenvalue weighted by Gasteiger charge is 2.56. The number of nitro benzene ring substituents is 2. The van der Waals surface area contributed by atoms with E-state index in [9.17, 15) is 75.2 Å². The fourth-order valence-electron chi connectivity index (χ4n) is 14.7. The van der Waals surface area contributed by atoms with Gasteiger partial charge in [0.25, 0.3) is 11.4 Å². The number of rotatable bonds is 10. The van der Waals surface area contributed by atoms with Crippen molar-refractivity contribution in [1.82, 2.24) is 21.3 Å². The molecule has 40 heteroatoms. The molecule has 8 heterocycles. The van der Waals surface area contributed by atoms with Crippen LogP contribution >= 0.6 is 47.0 Å². The predicted octanol–water partition coefficient (Wildman–Crippen LogP) is 14.1. The zero-order valence-electron chi connectivity index (χ0n) is 66.0. The first kappa shape index (κ1) is 91.6. The molecule has 0 spiro atoms. The topological polar surface area (TPSA) is 398 Å². The summed E-state index contributed by atoms with van der Waals surface area (Å²) in [6.07, 6.45) is -4.43. The maximum atomic E-state index is 14.9. The molecule has 29 nitrogen and oxygen atoms in total. The van der Waals surface area contributed by atoms with Gasteiger partial charge in [-0.25, -0.2) is 49.9 Å². The highest BCUT2D eigenvalue weighted by Crippen LogP contribution is 2.54. The summed E-state index contributed by atoms with van der Waals surface area (Å²) in [5.74, 6) is -2.58. The molecule has 0 saturated carbocycles. The molecule has 8 aliphatic heterocycles. The third-order valence-electron chi connectivity index (χ3n) is 19.5. The molecule has 4 saturated heterocycles. The number of nitrogen functional groups attached to an aromatic ring is 2. The number of carbonyl (C=O) groups is 4. The standard InChI is InChI=1S/C19H23F2N3O5S.2C19H25F2N3O3S.C19H24FN3O6S/c1-18(2,3)29-17(25)22-16-23-19(6-7-28-15(9-20)13(19)10-30-16)12-8-11(24(26)27)4-5-14(12)21;2*1-18(2,3)27-17(25)23-16-24-19(12-8-11(22)4-5-14(12)21)6-7-26-15(9-20)13(19)10-28-16;1-18(2,3)29-17(25)21-16-22-19(6-7-28-15(9-24)13(19)10-30-16)12-8-11(23(26)27)4-5-14(12)20/h4-5,8,13,15H,6-7,9-10H2,1-3H3,(H,22,23,25);2*4-5,8,13,15H,6-7,9-10,22H2,1-3H3,(H,23,24,25);4-5,8,13,15,24H,6-7,9-10H2,1-3H3,(H,21,22,25)/t4*13-,15-,19-/m1111/s1. The average molecular weight is 1710 g/mol. The van der Waals surface area contributed by atoms with Crippen molar-refractivity contribution in [3.8, 4) is 0 Å². The van der Waals surface area contributed by atoms with E-state index in [0.29, 0.717) is 62.9 Å². The van der Waals surface area contributed by atoms with Gasteiger partial charge in [0.2, 0.25) is 0 Å². The number of alkyl carbamates (subject to hydrolysis) is 4. The van der Waals surface area contributed by atoms with Gasteiger partial charge in [0.15, 0.2) is 20.7 Å². The van der Waals surface area contributed by atoms with Crippen molar-refractivity contribution in [2.75, 3.05) is 87.5 Å². The Bertz CT molecular complexity index is 4130. The number of nitrogens with zero attached hydrogens (tertiary/aromatic N) is 6. The quantitative estimate of drug-likeness (QED) is 0.0255. The number of amides is 4. The second kappa shape index (κ2) is 37.8. The number of thioether (sulfide) groups is 4. The second-order valence-corrected chi connectivity index (χ2v) is 36.2. The van der Waals surface area contributed by atoms with Crippen LogP contribution in [0.25, 0.3) is 0 Å². The first-order chi connectivity index (χ1) is 54.4. The molecule has 0 unspecified atom stereocenters. The first-order valence-corrected chi connectivity index (χ1v) is 41.0. The lowest BCUT2D eigenvalue weighted by molar-refractivity contribution is -0.385. The van der Waals surface area contributed by atoms with Gasteiger partial charge in [-0.2, -0.15) is 0 Å². The summed E-state index contributed by atoms with van der Waals surface area (Å²) in [6.45, 7) is 19.1. The summed E-state index contributed by atoms with van der Waals surface area (Å²) >= 11 is 4.92. The Kier molecular flexibility index (Phi) is 29.9. The number of halogens is 7. The number of nitro groups is 2. The monoisotopic (exact) mass is 1710 g/mol. The fraction of sp³-hybridized carbons (Fsp3) is 0.579. The van der Waals surface area contributed by atoms with E-state index in [4.69, 9.17) is 59.3 Å². The largest absolute Gasteiger partial charge is 0.444 e. The Hall–Kier alpha value is -8.25. The van der Waals surface area contributed by atoms with Crippen molar-refractivity contribution in [3.63, 3.8) is 0 Å². The molecular formula is C76H97F7N12O17S4. The Morgan fingerprint density at radius 2 is 0.672 bits per heavy atom. The number of fused-ring (bicyclic) bond motifs is 4. The van der Waals surface area contributed by atoms with Crippen LogP contribution in [0.3, 0.4) is 0 Å². The summed E-state index contributed by atoms with van der Waals surface area (Å²) < 4.78 is 144. The van der Waals surface area contributed by atoms with E-state index in [-0.39, 0.29) is 84.5 Å². The Balaban J connectivity index is 0.000000177. The smallest absolute Gasteiger partial charge is 0.413 e. The summed E-state index contributed by atoms with van der Waals surface area (Å²) in [4.78, 5) is 88.7. The highest BCUT2D eigenvalue weighted by atomic mass is 32.2. The second-order valence-electron chi connectivity index (χ2n) is 32.1. The van der Waals surface area contributed by atoms with Crippen LogP contribution in [0.4, 0.5) is 72.7 Å². The maximum absolute atomic E-state index is 14.9. The van der Waals surface area contributed by atoms with Gasteiger partial charge >= 0.3 is 24.4 Å². The summed E-state index contributed by atoms with van der Waals surface area (Å²) in [6, 6.07) is 15.1. The van der Waals surface area contributed by atoms with E-state index in [1.165, 1.54) is 89.5 Å². The molecule has 4 amide bonds. The van der Waals surface area contributed by atoms with Gasteiger partial charge in [-0.3, -0.25) is 61.5 Å². The summed E-state index contributed by atoms with van der Waals surface area (Å²) in [5, 5.41) is 43.7. The number of carbonyl (C=O) groups excluding carboxylic acids is 4. The number of non-ortho nitro benzene ring substituents is 2. The molecule has 4 aromatic rings. The van der Waals surface area contributed by atoms with Crippen LogP contribution in [0.5, 0.6) is 0 Å². The van der Waals surface area contributed by atoms with Crippen LogP contribution in [0.2, 0.25) is 0 Å². The van der Waals surface area contributed by atoms with Gasteiger partial charge < -0.3 is 54.5 Å². The molecule has 4 aromatic carbocycles.